The molecule has 56 valence electrons. The third-order valence-electron chi connectivity index (χ3n) is 2.02. The van der Waals surface area contributed by atoms with E-state index >= 15 is 0 Å². The third kappa shape index (κ3) is 2.41. The lowest BCUT2D eigenvalue weighted by Crippen LogP contribution is -2.27. The van der Waals surface area contributed by atoms with Gasteiger partial charge >= 0.3 is 0 Å². The normalized spacial score (nSPS) is 19.4. The van der Waals surface area contributed by atoms with Crippen molar-refractivity contribution in [3.63, 3.8) is 0 Å². The first-order chi connectivity index (χ1) is 4.84. The lowest BCUT2D eigenvalue weighted by Gasteiger charge is -2.08. The van der Waals surface area contributed by atoms with Crippen molar-refractivity contribution in [1.82, 2.24) is 5.32 Å². The maximum atomic E-state index is 3.37. The van der Waals surface area contributed by atoms with Gasteiger partial charge in [0.25, 0.3) is 0 Å². The summed E-state index contributed by atoms with van der Waals surface area (Å²) in [5.74, 6) is 6.81. The fourth-order valence-corrected chi connectivity index (χ4v) is 1.06. The van der Waals surface area contributed by atoms with Crippen molar-refractivity contribution >= 4 is 0 Å². The Hall–Kier alpha value is -0.480. The highest BCUT2D eigenvalue weighted by molar-refractivity contribution is 4.98. The second kappa shape index (κ2) is 3.63. The highest BCUT2D eigenvalue weighted by atomic mass is 14.9. The summed E-state index contributed by atoms with van der Waals surface area (Å²) < 4.78 is 0. The van der Waals surface area contributed by atoms with Crippen molar-refractivity contribution < 1.29 is 0 Å². The smallest absolute Gasteiger partial charge is 0.0578 e. The van der Waals surface area contributed by atoms with E-state index in [1.807, 2.05) is 6.92 Å². The Labute approximate surface area is 63.2 Å². The summed E-state index contributed by atoms with van der Waals surface area (Å²) in [7, 11) is 0. The molecule has 0 aromatic rings. The van der Waals surface area contributed by atoms with Gasteiger partial charge in [0.15, 0.2) is 0 Å². The van der Waals surface area contributed by atoms with Crippen LogP contribution in [0.2, 0.25) is 0 Å². The Morgan fingerprint density at radius 3 is 2.80 bits per heavy atom. The molecule has 1 N–H and O–H groups in total. The molecule has 0 bridgehead atoms. The molecule has 1 atom stereocenters. The molecule has 0 radical (unpaired) electrons. The van der Waals surface area contributed by atoms with Crippen LogP contribution in [0.25, 0.3) is 0 Å². The van der Waals surface area contributed by atoms with Gasteiger partial charge in [0, 0.05) is 6.04 Å². The number of rotatable bonds is 3. The molecule has 1 heteroatoms. The summed E-state index contributed by atoms with van der Waals surface area (Å²) in [6, 6.07) is 0.681. The number of hydrogen-bond acceptors (Lipinski definition) is 1. The Balaban J connectivity index is 2.04. The van der Waals surface area contributed by atoms with Gasteiger partial charge in [-0.1, -0.05) is 5.92 Å². The standard InChI is InChI=1S/C9H15N/c1-3-4-7-10-8(2)9-5-6-9/h8-10H,5-7H2,1-2H3. The average Bonchev–Trinajstić information content (AvgIpc) is 2.69. The monoisotopic (exact) mass is 137 g/mol. The first-order valence-corrected chi connectivity index (χ1v) is 3.97. The Bertz CT molecular complexity index is 148. The fraction of sp³-hybridized carbons (Fsp3) is 0.778. The van der Waals surface area contributed by atoms with E-state index in [-0.39, 0.29) is 0 Å². The Morgan fingerprint density at radius 2 is 2.30 bits per heavy atom. The molecular formula is C9H15N. The average molecular weight is 137 g/mol. The van der Waals surface area contributed by atoms with Gasteiger partial charge in [0.1, 0.15) is 0 Å². The molecule has 1 saturated carbocycles. The van der Waals surface area contributed by atoms with Crippen LogP contribution in [0.3, 0.4) is 0 Å². The summed E-state index contributed by atoms with van der Waals surface area (Å²) in [4.78, 5) is 0. The molecule has 0 aromatic heterocycles. The van der Waals surface area contributed by atoms with Gasteiger partial charge in [-0.25, -0.2) is 0 Å². The van der Waals surface area contributed by atoms with Gasteiger partial charge < -0.3 is 5.32 Å². The summed E-state index contributed by atoms with van der Waals surface area (Å²) in [6.45, 7) is 4.98. The van der Waals surface area contributed by atoms with Gasteiger partial charge in [0.2, 0.25) is 0 Å². The number of nitrogens with one attached hydrogen (secondary N) is 1. The summed E-state index contributed by atoms with van der Waals surface area (Å²) >= 11 is 0. The molecule has 0 heterocycles. The molecule has 1 unspecified atom stereocenters. The van der Waals surface area contributed by atoms with Crippen LogP contribution in [-0.4, -0.2) is 12.6 Å². The van der Waals surface area contributed by atoms with Gasteiger partial charge in [-0.05, 0) is 32.6 Å². The first kappa shape index (κ1) is 7.63. The molecule has 1 aliphatic carbocycles. The topological polar surface area (TPSA) is 12.0 Å². The second-order valence-corrected chi connectivity index (χ2v) is 2.93. The summed E-state index contributed by atoms with van der Waals surface area (Å²) in [5, 5.41) is 3.37. The fourth-order valence-electron chi connectivity index (χ4n) is 1.06. The minimum atomic E-state index is 0.681. The van der Waals surface area contributed by atoms with E-state index < -0.39 is 0 Å². The molecule has 0 saturated heterocycles. The Kier molecular flexibility index (Phi) is 2.77. The van der Waals surface area contributed by atoms with Gasteiger partial charge in [-0.2, -0.15) is 0 Å². The molecule has 1 fully saturated rings. The van der Waals surface area contributed by atoms with Gasteiger partial charge in [0.05, 0.1) is 6.54 Å². The van der Waals surface area contributed by atoms with E-state index in [0.29, 0.717) is 6.04 Å². The molecular weight excluding hydrogens is 122 g/mol. The zero-order valence-electron chi connectivity index (χ0n) is 6.78. The molecule has 0 spiro atoms. The SMILES string of the molecule is CC#CCNC(C)C1CC1. The van der Waals surface area contributed by atoms with Crippen molar-refractivity contribution in [2.75, 3.05) is 6.54 Å². The highest BCUT2D eigenvalue weighted by Gasteiger charge is 2.26. The van der Waals surface area contributed by atoms with E-state index in [9.17, 15) is 0 Å². The van der Waals surface area contributed by atoms with Crippen LogP contribution in [0, 0.1) is 17.8 Å². The van der Waals surface area contributed by atoms with Crippen LogP contribution in [0.15, 0.2) is 0 Å². The third-order valence-corrected chi connectivity index (χ3v) is 2.02. The van der Waals surface area contributed by atoms with Crippen molar-refractivity contribution in [1.29, 1.82) is 0 Å². The zero-order valence-corrected chi connectivity index (χ0v) is 6.78. The van der Waals surface area contributed by atoms with Crippen LogP contribution in [0.1, 0.15) is 26.7 Å². The molecule has 1 nitrogen and oxygen atoms in total. The van der Waals surface area contributed by atoms with Gasteiger partial charge in [-0.15, -0.1) is 5.92 Å². The predicted molar refractivity (Wildman–Crippen MR) is 43.6 cm³/mol. The molecule has 10 heavy (non-hydrogen) atoms. The predicted octanol–water partition coefficient (Wildman–Crippen LogP) is 1.40. The maximum Gasteiger partial charge on any atom is 0.0578 e. The van der Waals surface area contributed by atoms with Gasteiger partial charge in [-0.3, -0.25) is 0 Å². The van der Waals surface area contributed by atoms with Crippen molar-refractivity contribution in [3.05, 3.63) is 0 Å². The second-order valence-electron chi connectivity index (χ2n) is 2.93. The van der Waals surface area contributed by atoms with Crippen molar-refractivity contribution in [2.24, 2.45) is 5.92 Å². The van der Waals surface area contributed by atoms with E-state index in [2.05, 4.69) is 24.1 Å². The van der Waals surface area contributed by atoms with Crippen LogP contribution in [-0.2, 0) is 0 Å². The molecule has 1 rings (SSSR count). The van der Waals surface area contributed by atoms with Crippen LogP contribution < -0.4 is 5.32 Å². The molecule has 0 aliphatic heterocycles. The van der Waals surface area contributed by atoms with Crippen molar-refractivity contribution in [2.45, 2.75) is 32.7 Å². The molecule has 0 amide bonds. The van der Waals surface area contributed by atoms with Crippen molar-refractivity contribution in [3.8, 4) is 11.8 Å². The van der Waals surface area contributed by atoms with E-state index in [0.717, 1.165) is 12.5 Å². The minimum Gasteiger partial charge on any atom is -0.303 e. The zero-order chi connectivity index (χ0) is 7.40. The molecule has 1 aliphatic rings. The molecule has 0 aromatic carbocycles. The highest BCUT2D eigenvalue weighted by Crippen LogP contribution is 2.32. The van der Waals surface area contributed by atoms with Crippen LogP contribution in [0.5, 0.6) is 0 Å². The van der Waals surface area contributed by atoms with E-state index in [4.69, 9.17) is 0 Å². The Morgan fingerprint density at radius 1 is 1.60 bits per heavy atom. The quantitative estimate of drug-likeness (QED) is 0.580. The van der Waals surface area contributed by atoms with Crippen LogP contribution in [0.4, 0.5) is 0 Å². The van der Waals surface area contributed by atoms with E-state index in [1.165, 1.54) is 12.8 Å². The summed E-state index contributed by atoms with van der Waals surface area (Å²) in [5.41, 5.74) is 0. The largest absolute Gasteiger partial charge is 0.303 e. The summed E-state index contributed by atoms with van der Waals surface area (Å²) in [6.07, 6.45) is 2.82. The van der Waals surface area contributed by atoms with E-state index in [1.54, 1.807) is 0 Å². The van der Waals surface area contributed by atoms with Crippen LogP contribution >= 0.6 is 0 Å². The lowest BCUT2D eigenvalue weighted by atomic mass is 10.2. The lowest BCUT2D eigenvalue weighted by molar-refractivity contribution is 0.527. The number of hydrogen-bond donors (Lipinski definition) is 1. The first-order valence-electron chi connectivity index (χ1n) is 3.97. The minimum absolute atomic E-state index is 0.681. The maximum absolute atomic E-state index is 3.37.